The van der Waals surface area contributed by atoms with Crippen LogP contribution in [0.4, 0.5) is 0 Å². The van der Waals surface area contributed by atoms with Crippen LogP contribution in [-0.2, 0) is 14.3 Å². The average molecular weight is 233 g/mol. The molecule has 0 aromatic heterocycles. The van der Waals surface area contributed by atoms with Gasteiger partial charge in [-0.3, -0.25) is 4.79 Å². The van der Waals surface area contributed by atoms with Crippen molar-refractivity contribution in [2.24, 2.45) is 0 Å². The smallest absolute Gasteiger partial charge is 0.322 e. The first kappa shape index (κ1) is 15.3. The number of aliphatic hydroxyl groups is 1. The highest BCUT2D eigenvalue weighted by molar-refractivity contribution is 5.75. The first-order valence-corrected chi connectivity index (χ1v) is 5.67. The first-order valence-electron chi connectivity index (χ1n) is 5.67. The zero-order valence-electron chi connectivity index (χ0n) is 10.5. The maximum Gasteiger partial charge on any atom is 0.322 e. The van der Waals surface area contributed by atoms with Crippen LogP contribution in [-0.4, -0.2) is 49.1 Å². The topological polar surface area (TPSA) is 67.8 Å². The van der Waals surface area contributed by atoms with Gasteiger partial charge >= 0.3 is 5.97 Å². The number of hydrogen-bond donors (Lipinski definition) is 2. The van der Waals surface area contributed by atoms with E-state index in [9.17, 15) is 9.90 Å². The molecule has 0 rings (SSSR count). The SMILES string of the molecule is CCOC(=O)C(C)NCC(O)COC(C)C. The molecule has 0 aromatic carbocycles. The molecule has 0 heterocycles. The minimum atomic E-state index is -0.612. The maximum atomic E-state index is 11.2. The van der Waals surface area contributed by atoms with Crippen LogP contribution in [0.1, 0.15) is 27.7 Å². The number of esters is 1. The standard InChI is InChI=1S/C11H23NO4/c1-5-15-11(14)9(4)12-6-10(13)7-16-8(2)3/h8-10,12-13H,5-7H2,1-4H3. The van der Waals surface area contributed by atoms with E-state index < -0.39 is 12.1 Å². The highest BCUT2D eigenvalue weighted by Gasteiger charge is 2.15. The molecule has 0 spiro atoms. The summed E-state index contributed by atoms with van der Waals surface area (Å²) in [5, 5.41) is 12.4. The predicted molar refractivity (Wildman–Crippen MR) is 61.2 cm³/mol. The van der Waals surface area contributed by atoms with Crippen molar-refractivity contribution < 1.29 is 19.4 Å². The molecule has 5 heteroatoms. The molecule has 5 nitrogen and oxygen atoms in total. The number of carbonyl (C=O) groups is 1. The van der Waals surface area contributed by atoms with Gasteiger partial charge in [0.15, 0.2) is 0 Å². The summed E-state index contributed by atoms with van der Waals surface area (Å²) < 4.78 is 10.1. The summed E-state index contributed by atoms with van der Waals surface area (Å²) in [5.41, 5.74) is 0. The van der Waals surface area contributed by atoms with Crippen molar-refractivity contribution >= 4 is 5.97 Å². The summed E-state index contributed by atoms with van der Waals surface area (Å²) in [7, 11) is 0. The average Bonchev–Trinajstić information content (AvgIpc) is 2.23. The second-order valence-electron chi connectivity index (χ2n) is 3.92. The van der Waals surface area contributed by atoms with Gasteiger partial charge in [0, 0.05) is 6.54 Å². The summed E-state index contributed by atoms with van der Waals surface area (Å²) in [6.45, 7) is 8.21. The molecule has 2 atom stereocenters. The quantitative estimate of drug-likeness (QED) is 0.591. The molecule has 0 saturated carbocycles. The Bertz CT molecular complexity index is 196. The van der Waals surface area contributed by atoms with E-state index in [1.54, 1.807) is 13.8 Å². The summed E-state index contributed by atoms with van der Waals surface area (Å²) in [6.07, 6.45) is -0.517. The van der Waals surface area contributed by atoms with Gasteiger partial charge in [-0.1, -0.05) is 0 Å². The van der Waals surface area contributed by atoms with Crippen LogP contribution in [0.25, 0.3) is 0 Å². The van der Waals surface area contributed by atoms with Crippen molar-refractivity contribution in [3.05, 3.63) is 0 Å². The third kappa shape index (κ3) is 7.62. The number of carbonyl (C=O) groups excluding carboxylic acids is 1. The van der Waals surface area contributed by atoms with Gasteiger partial charge in [0.05, 0.1) is 25.4 Å². The number of hydrogen-bond acceptors (Lipinski definition) is 5. The molecule has 0 fully saturated rings. The number of ether oxygens (including phenoxy) is 2. The zero-order chi connectivity index (χ0) is 12.6. The third-order valence-electron chi connectivity index (χ3n) is 1.92. The van der Waals surface area contributed by atoms with E-state index >= 15 is 0 Å². The number of rotatable bonds is 8. The van der Waals surface area contributed by atoms with Crippen LogP contribution in [0.3, 0.4) is 0 Å². The van der Waals surface area contributed by atoms with Crippen molar-refractivity contribution in [3.8, 4) is 0 Å². The Labute approximate surface area is 97.1 Å². The first-order chi connectivity index (χ1) is 7.47. The van der Waals surface area contributed by atoms with Crippen LogP contribution in [0, 0.1) is 0 Å². The van der Waals surface area contributed by atoms with Crippen LogP contribution < -0.4 is 5.32 Å². The lowest BCUT2D eigenvalue weighted by Crippen LogP contribution is -2.41. The van der Waals surface area contributed by atoms with E-state index in [4.69, 9.17) is 9.47 Å². The fourth-order valence-corrected chi connectivity index (χ4v) is 1.03. The lowest BCUT2D eigenvalue weighted by Gasteiger charge is -2.17. The van der Waals surface area contributed by atoms with Crippen LogP contribution in [0.15, 0.2) is 0 Å². The molecule has 16 heavy (non-hydrogen) atoms. The molecule has 0 radical (unpaired) electrons. The van der Waals surface area contributed by atoms with Gasteiger partial charge in [0.25, 0.3) is 0 Å². The van der Waals surface area contributed by atoms with Gasteiger partial charge in [-0.25, -0.2) is 0 Å². The fraction of sp³-hybridized carbons (Fsp3) is 0.909. The van der Waals surface area contributed by atoms with Crippen molar-refractivity contribution in [2.75, 3.05) is 19.8 Å². The van der Waals surface area contributed by atoms with Crippen LogP contribution >= 0.6 is 0 Å². The van der Waals surface area contributed by atoms with Gasteiger partial charge in [0.1, 0.15) is 6.04 Å². The Kier molecular flexibility index (Phi) is 8.15. The molecule has 2 unspecified atom stereocenters. The molecule has 0 saturated heterocycles. The van der Waals surface area contributed by atoms with E-state index in [-0.39, 0.29) is 18.7 Å². The van der Waals surface area contributed by atoms with Crippen molar-refractivity contribution in [1.29, 1.82) is 0 Å². The van der Waals surface area contributed by atoms with E-state index in [2.05, 4.69) is 5.32 Å². The molecular weight excluding hydrogens is 210 g/mol. The molecule has 0 aliphatic carbocycles. The van der Waals surface area contributed by atoms with Crippen molar-refractivity contribution in [1.82, 2.24) is 5.32 Å². The third-order valence-corrected chi connectivity index (χ3v) is 1.92. The Morgan fingerprint density at radius 3 is 2.50 bits per heavy atom. The van der Waals surface area contributed by atoms with E-state index in [0.717, 1.165) is 0 Å². The fourth-order valence-electron chi connectivity index (χ4n) is 1.03. The molecule has 0 aromatic rings. The Morgan fingerprint density at radius 1 is 1.38 bits per heavy atom. The minimum Gasteiger partial charge on any atom is -0.465 e. The molecular formula is C11H23NO4. The second kappa shape index (κ2) is 8.50. The number of aliphatic hydroxyl groups excluding tert-OH is 1. The highest BCUT2D eigenvalue weighted by atomic mass is 16.5. The number of nitrogens with one attached hydrogen (secondary N) is 1. The molecule has 0 amide bonds. The molecule has 0 aliphatic rings. The zero-order valence-corrected chi connectivity index (χ0v) is 10.5. The Morgan fingerprint density at radius 2 is 2.00 bits per heavy atom. The van der Waals surface area contributed by atoms with Gasteiger partial charge < -0.3 is 19.9 Å². The molecule has 96 valence electrons. The normalized spacial score (nSPS) is 14.9. The van der Waals surface area contributed by atoms with Crippen LogP contribution in [0.2, 0.25) is 0 Å². The Hall–Kier alpha value is -0.650. The molecule has 0 aliphatic heterocycles. The Balaban J connectivity index is 3.65. The minimum absolute atomic E-state index is 0.0946. The lowest BCUT2D eigenvalue weighted by molar-refractivity contribution is -0.145. The summed E-state index contributed by atoms with van der Waals surface area (Å²) in [5.74, 6) is -0.306. The highest BCUT2D eigenvalue weighted by Crippen LogP contribution is 1.93. The van der Waals surface area contributed by atoms with Gasteiger partial charge in [0.2, 0.25) is 0 Å². The van der Waals surface area contributed by atoms with Crippen LogP contribution in [0.5, 0.6) is 0 Å². The van der Waals surface area contributed by atoms with Crippen molar-refractivity contribution in [3.63, 3.8) is 0 Å². The van der Waals surface area contributed by atoms with Gasteiger partial charge in [-0.2, -0.15) is 0 Å². The largest absolute Gasteiger partial charge is 0.465 e. The maximum absolute atomic E-state index is 11.2. The van der Waals surface area contributed by atoms with Gasteiger partial charge in [-0.05, 0) is 27.7 Å². The van der Waals surface area contributed by atoms with E-state index in [0.29, 0.717) is 13.2 Å². The summed E-state index contributed by atoms with van der Waals surface area (Å²) in [6, 6.07) is -0.409. The van der Waals surface area contributed by atoms with E-state index in [1.807, 2.05) is 13.8 Å². The summed E-state index contributed by atoms with van der Waals surface area (Å²) in [4.78, 5) is 11.2. The van der Waals surface area contributed by atoms with E-state index in [1.165, 1.54) is 0 Å². The molecule has 0 bridgehead atoms. The predicted octanol–water partition coefficient (Wildman–Crippen LogP) is 0.313. The monoisotopic (exact) mass is 233 g/mol. The second-order valence-corrected chi connectivity index (χ2v) is 3.92. The summed E-state index contributed by atoms with van der Waals surface area (Å²) >= 11 is 0. The lowest BCUT2D eigenvalue weighted by atomic mass is 10.3. The van der Waals surface area contributed by atoms with Crippen molar-refractivity contribution in [2.45, 2.75) is 45.9 Å². The van der Waals surface area contributed by atoms with Gasteiger partial charge in [-0.15, -0.1) is 0 Å². The molecule has 2 N–H and O–H groups in total.